The maximum Gasteiger partial charge on any atom is 0.224 e. The second-order valence-electron chi connectivity index (χ2n) is 6.32. The van der Waals surface area contributed by atoms with Crippen LogP contribution in [-0.2, 0) is 4.79 Å². The Kier molecular flexibility index (Phi) is 8.17. The lowest BCUT2D eigenvalue weighted by Crippen LogP contribution is -2.28. The third-order valence-electron chi connectivity index (χ3n) is 4.79. The van der Waals surface area contributed by atoms with Gasteiger partial charge in [0.2, 0.25) is 5.91 Å². The Bertz CT molecular complexity index is 506. The highest BCUT2D eigenvalue weighted by Crippen LogP contribution is 2.30. The molecular formula is C17H27Cl2N3O. The van der Waals surface area contributed by atoms with Gasteiger partial charge in [-0.1, -0.05) is 18.6 Å². The van der Waals surface area contributed by atoms with Crippen molar-refractivity contribution in [1.29, 1.82) is 0 Å². The zero-order valence-corrected chi connectivity index (χ0v) is 15.0. The van der Waals surface area contributed by atoms with Crippen LogP contribution in [-0.4, -0.2) is 25.0 Å². The van der Waals surface area contributed by atoms with Gasteiger partial charge in [-0.25, -0.2) is 0 Å². The van der Waals surface area contributed by atoms with Crippen LogP contribution >= 0.6 is 24.8 Å². The molecule has 1 saturated heterocycles. The number of nitrogens with two attached hydrogens (primary N) is 1. The molecular weight excluding hydrogens is 333 g/mol. The lowest BCUT2D eigenvalue weighted by Gasteiger charge is -2.22. The van der Waals surface area contributed by atoms with E-state index < -0.39 is 0 Å². The fraction of sp³-hybridized carbons (Fsp3) is 0.588. The number of nitrogens with one attached hydrogen (secondary N) is 1. The molecule has 0 bridgehead atoms. The largest absolute Gasteiger partial charge is 0.370 e. The number of nitrogens with zero attached hydrogens (tertiary/aromatic N) is 1. The van der Waals surface area contributed by atoms with Crippen LogP contribution in [0.25, 0.3) is 0 Å². The standard InChI is InChI=1S/C17H25N3O.2ClH/c18-14-7-5-6-13(14)12-17(21)19-15-8-1-2-9-16(15)20-10-3-4-11-20;;/h1-2,8-9,13-14H,3-7,10-12,18H2,(H,19,21);2*1H/t13-,14+;;/m0../s1. The first-order chi connectivity index (χ1) is 10.2. The average molecular weight is 360 g/mol. The Balaban J connectivity index is 0.00000132. The number of carbonyl (C=O) groups is 1. The van der Waals surface area contributed by atoms with Gasteiger partial charge >= 0.3 is 0 Å². The summed E-state index contributed by atoms with van der Waals surface area (Å²) in [6.07, 6.45) is 6.32. The molecule has 1 aliphatic carbocycles. The molecule has 130 valence electrons. The van der Waals surface area contributed by atoms with Gasteiger partial charge in [-0.15, -0.1) is 24.8 Å². The zero-order chi connectivity index (χ0) is 14.7. The summed E-state index contributed by atoms with van der Waals surface area (Å²) in [5.74, 6) is 0.452. The first kappa shape index (κ1) is 20.1. The summed E-state index contributed by atoms with van der Waals surface area (Å²) < 4.78 is 0. The Morgan fingerprint density at radius 2 is 1.83 bits per heavy atom. The maximum atomic E-state index is 12.3. The predicted octanol–water partition coefficient (Wildman–Crippen LogP) is 3.59. The molecule has 1 heterocycles. The van der Waals surface area contributed by atoms with Gasteiger partial charge < -0.3 is 16.0 Å². The molecule has 3 N–H and O–H groups in total. The zero-order valence-electron chi connectivity index (χ0n) is 13.4. The lowest BCUT2D eigenvalue weighted by atomic mass is 10.00. The Labute approximate surface area is 151 Å². The van der Waals surface area contributed by atoms with Gasteiger partial charge in [0.15, 0.2) is 0 Å². The third kappa shape index (κ3) is 5.00. The van der Waals surface area contributed by atoms with Crippen molar-refractivity contribution >= 4 is 42.1 Å². The van der Waals surface area contributed by atoms with Crippen molar-refractivity contribution in [2.75, 3.05) is 23.3 Å². The van der Waals surface area contributed by atoms with E-state index in [2.05, 4.69) is 16.3 Å². The van der Waals surface area contributed by atoms with Gasteiger partial charge in [-0.2, -0.15) is 0 Å². The Morgan fingerprint density at radius 3 is 2.48 bits per heavy atom. The van der Waals surface area contributed by atoms with Crippen LogP contribution in [0, 0.1) is 5.92 Å². The molecule has 1 aromatic rings. The fourth-order valence-electron chi connectivity index (χ4n) is 3.57. The van der Waals surface area contributed by atoms with E-state index in [1.54, 1.807) is 0 Å². The molecule has 2 fully saturated rings. The maximum absolute atomic E-state index is 12.3. The predicted molar refractivity (Wildman–Crippen MR) is 101 cm³/mol. The summed E-state index contributed by atoms with van der Waals surface area (Å²) in [7, 11) is 0. The molecule has 6 heteroatoms. The van der Waals surface area contributed by atoms with Gasteiger partial charge in [-0.3, -0.25) is 4.79 Å². The number of carbonyl (C=O) groups excluding carboxylic acids is 1. The Hall–Kier alpha value is -0.970. The van der Waals surface area contributed by atoms with Gasteiger partial charge in [0.25, 0.3) is 0 Å². The first-order valence-electron chi connectivity index (χ1n) is 8.13. The number of amides is 1. The van der Waals surface area contributed by atoms with Crippen LogP contribution in [0.5, 0.6) is 0 Å². The molecule has 0 radical (unpaired) electrons. The molecule has 0 spiro atoms. The first-order valence-corrected chi connectivity index (χ1v) is 8.13. The van der Waals surface area contributed by atoms with Crippen LogP contribution in [0.2, 0.25) is 0 Å². The van der Waals surface area contributed by atoms with E-state index in [1.165, 1.54) is 12.8 Å². The van der Waals surface area contributed by atoms with Gasteiger partial charge in [0.1, 0.15) is 0 Å². The molecule has 2 aliphatic rings. The van der Waals surface area contributed by atoms with Crippen molar-refractivity contribution in [3.8, 4) is 0 Å². The summed E-state index contributed by atoms with van der Waals surface area (Å²) in [5.41, 5.74) is 8.15. The second-order valence-corrected chi connectivity index (χ2v) is 6.32. The van der Waals surface area contributed by atoms with Gasteiger partial charge in [0, 0.05) is 25.6 Å². The molecule has 0 aromatic heterocycles. The molecule has 23 heavy (non-hydrogen) atoms. The number of hydrogen-bond donors (Lipinski definition) is 2. The summed E-state index contributed by atoms with van der Waals surface area (Å²) in [5, 5.41) is 3.10. The normalized spacial score (nSPS) is 23.1. The molecule has 0 unspecified atom stereocenters. The minimum absolute atomic E-state index is 0. The van der Waals surface area contributed by atoms with Crippen LogP contribution in [0.1, 0.15) is 38.5 Å². The summed E-state index contributed by atoms with van der Waals surface area (Å²) in [6.45, 7) is 2.17. The third-order valence-corrected chi connectivity index (χ3v) is 4.79. The van der Waals surface area contributed by atoms with Crippen LogP contribution in [0.4, 0.5) is 11.4 Å². The van der Waals surface area contributed by atoms with E-state index in [-0.39, 0.29) is 36.8 Å². The molecule has 4 nitrogen and oxygen atoms in total. The van der Waals surface area contributed by atoms with Crippen LogP contribution in [0.3, 0.4) is 0 Å². The summed E-state index contributed by atoms with van der Waals surface area (Å²) in [6, 6.07) is 8.32. The highest BCUT2D eigenvalue weighted by atomic mass is 35.5. The highest BCUT2D eigenvalue weighted by molar-refractivity contribution is 5.94. The molecule has 1 aliphatic heterocycles. The van der Waals surface area contributed by atoms with E-state index in [0.29, 0.717) is 12.3 Å². The van der Waals surface area contributed by atoms with Gasteiger partial charge in [0.05, 0.1) is 11.4 Å². The lowest BCUT2D eigenvalue weighted by molar-refractivity contribution is -0.117. The summed E-state index contributed by atoms with van der Waals surface area (Å²) >= 11 is 0. The highest BCUT2D eigenvalue weighted by Gasteiger charge is 2.26. The second kappa shape index (κ2) is 9.36. The van der Waals surface area contributed by atoms with E-state index in [1.807, 2.05) is 18.2 Å². The fourth-order valence-corrected chi connectivity index (χ4v) is 3.57. The van der Waals surface area contributed by atoms with E-state index >= 15 is 0 Å². The van der Waals surface area contributed by atoms with Crippen molar-refractivity contribution < 1.29 is 4.79 Å². The quantitative estimate of drug-likeness (QED) is 0.863. The van der Waals surface area contributed by atoms with Crippen molar-refractivity contribution in [1.82, 2.24) is 0 Å². The van der Waals surface area contributed by atoms with Crippen LogP contribution < -0.4 is 16.0 Å². The molecule has 1 amide bonds. The Morgan fingerprint density at radius 1 is 1.13 bits per heavy atom. The number of halogens is 2. The van der Waals surface area contributed by atoms with E-state index in [0.717, 1.165) is 43.7 Å². The SMILES string of the molecule is Cl.Cl.N[C@@H]1CCC[C@H]1CC(=O)Nc1ccccc1N1CCCC1. The van der Waals surface area contributed by atoms with Crippen molar-refractivity contribution in [3.05, 3.63) is 24.3 Å². The molecule has 3 rings (SSSR count). The topological polar surface area (TPSA) is 58.4 Å². The van der Waals surface area contributed by atoms with Crippen molar-refractivity contribution in [2.24, 2.45) is 11.7 Å². The van der Waals surface area contributed by atoms with E-state index in [9.17, 15) is 4.79 Å². The van der Waals surface area contributed by atoms with Crippen molar-refractivity contribution in [3.63, 3.8) is 0 Å². The number of hydrogen-bond acceptors (Lipinski definition) is 3. The number of benzene rings is 1. The molecule has 1 saturated carbocycles. The number of para-hydroxylation sites is 2. The number of anilines is 2. The molecule has 1 aromatic carbocycles. The monoisotopic (exact) mass is 359 g/mol. The van der Waals surface area contributed by atoms with Crippen LogP contribution in [0.15, 0.2) is 24.3 Å². The van der Waals surface area contributed by atoms with Gasteiger partial charge in [-0.05, 0) is 43.7 Å². The minimum Gasteiger partial charge on any atom is -0.370 e. The molecule has 2 atom stereocenters. The summed E-state index contributed by atoms with van der Waals surface area (Å²) in [4.78, 5) is 14.7. The minimum atomic E-state index is 0. The van der Waals surface area contributed by atoms with E-state index in [4.69, 9.17) is 5.73 Å². The smallest absolute Gasteiger partial charge is 0.224 e. The number of rotatable bonds is 4. The average Bonchev–Trinajstić information content (AvgIpc) is 3.12. The van der Waals surface area contributed by atoms with Crippen molar-refractivity contribution in [2.45, 2.75) is 44.6 Å².